The van der Waals surface area contributed by atoms with Gasteiger partial charge in [0.15, 0.2) is 0 Å². The topological polar surface area (TPSA) is 66.5 Å². The van der Waals surface area contributed by atoms with Crippen LogP contribution in [0.25, 0.3) is 6.08 Å². The summed E-state index contributed by atoms with van der Waals surface area (Å²) in [6, 6.07) is 16.5. The zero-order chi connectivity index (χ0) is 18.5. The molecule has 3 rings (SSSR count). The second-order valence-electron chi connectivity index (χ2n) is 5.87. The highest BCUT2D eigenvalue weighted by atomic mass is 32.2. The Hall–Kier alpha value is -2.86. The minimum absolute atomic E-state index is 0.147. The molecule has 6 heteroatoms. The van der Waals surface area contributed by atoms with Crippen LogP contribution < -0.4 is 5.32 Å². The van der Waals surface area contributed by atoms with Gasteiger partial charge in [0, 0.05) is 18.7 Å². The molecule has 2 aromatic rings. The van der Waals surface area contributed by atoms with Gasteiger partial charge in [-0.05, 0) is 42.5 Å². The van der Waals surface area contributed by atoms with Crippen LogP contribution in [0.15, 0.2) is 59.5 Å². The summed E-state index contributed by atoms with van der Waals surface area (Å²) >= 11 is 0.922. The number of nitrogens with one attached hydrogen (secondary N) is 1. The predicted octanol–water partition coefficient (Wildman–Crippen LogP) is 3.46. The van der Waals surface area contributed by atoms with E-state index in [1.165, 1.54) is 0 Å². The van der Waals surface area contributed by atoms with Crippen LogP contribution in [-0.4, -0.2) is 35.0 Å². The standard InChI is InChI=1S/C20H18N2O3S/c1-14-7-9-15(10-8-14)13-17-19(24)22(20(25)26-17)12-11-21-18(23)16-5-3-2-4-6-16/h2-10,13H,11-12H2,1H3,(H,21,23). The molecule has 26 heavy (non-hydrogen) atoms. The van der Waals surface area contributed by atoms with E-state index in [-0.39, 0.29) is 30.1 Å². The van der Waals surface area contributed by atoms with Crippen molar-refractivity contribution in [2.75, 3.05) is 13.1 Å². The van der Waals surface area contributed by atoms with Gasteiger partial charge in [-0.25, -0.2) is 0 Å². The average Bonchev–Trinajstić information content (AvgIpc) is 2.91. The number of imide groups is 1. The van der Waals surface area contributed by atoms with Crippen molar-refractivity contribution in [1.29, 1.82) is 0 Å². The van der Waals surface area contributed by atoms with Crippen LogP contribution in [0.3, 0.4) is 0 Å². The molecule has 1 aliphatic rings. The Morgan fingerprint density at radius 3 is 2.46 bits per heavy atom. The zero-order valence-electron chi connectivity index (χ0n) is 14.3. The molecule has 0 spiro atoms. The molecule has 1 saturated heterocycles. The second-order valence-corrected chi connectivity index (χ2v) is 6.86. The van der Waals surface area contributed by atoms with Crippen LogP contribution in [0.1, 0.15) is 21.5 Å². The first-order valence-electron chi connectivity index (χ1n) is 8.20. The number of aryl methyl sites for hydroxylation is 1. The van der Waals surface area contributed by atoms with E-state index in [0.29, 0.717) is 10.5 Å². The third-order valence-corrected chi connectivity index (χ3v) is 4.81. The molecule has 1 aliphatic heterocycles. The van der Waals surface area contributed by atoms with Crippen molar-refractivity contribution in [3.8, 4) is 0 Å². The first kappa shape index (κ1) is 17.9. The third kappa shape index (κ3) is 4.21. The van der Waals surface area contributed by atoms with Crippen LogP contribution in [-0.2, 0) is 4.79 Å². The highest BCUT2D eigenvalue weighted by Gasteiger charge is 2.34. The molecule has 5 nitrogen and oxygen atoms in total. The Kier molecular flexibility index (Phi) is 5.53. The van der Waals surface area contributed by atoms with Crippen LogP contribution in [0.5, 0.6) is 0 Å². The summed E-state index contributed by atoms with van der Waals surface area (Å²) in [5.74, 6) is -0.553. The summed E-state index contributed by atoms with van der Waals surface area (Å²) in [7, 11) is 0. The fraction of sp³-hybridized carbons (Fsp3) is 0.150. The largest absolute Gasteiger partial charge is 0.350 e. The fourth-order valence-corrected chi connectivity index (χ4v) is 3.34. The Labute approximate surface area is 156 Å². The van der Waals surface area contributed by atoms with E-state index < -0.39 is 0 Å². The average molecular weight is 366 g/mol. The molecule has 0 unspecified atom stereocenters. The van der Waals surface area contributed by atoms with E-state index in [9.17, 15) is 14.4 Å². The number of amides is 3. The van der Waals surface area contributed by atoms with E-state index in [1.807, 2.05) is 37.3 Å². The Balaban J connectivity index is 1.59. The molecule has 0 bridgehead atoms. The zero-order valence-corrected chi connectivity index (χ0v) is 15.1. The van der Waals surface area contributed by atoms with Gasteiger partial charge in [-0.2, -0.15) is 0 Å². The molecule has 0 aromatic heterocycles. The van der Waals surface area contributed by atoms with Gasteiger partial charge >= 0.3 is 0 Å². The van der Waals surface area contributed by atoms with Crippen molar-refractivity contribution in [3.63, 3.8) is 0 Å². The van der Waals surface area contributed by atoms with Gasteiger partial charge in [-0.15, -0.1) is 0 Å². The van der Waals surface area contributed by atoms with Crippen molar-refractivity contribution in [2.45, 2.75) is 6.92 Å². The monoisotopic (exact) mass is 366 g/mol. The fourth-order valence-electron chi connectivity index (χ4n) is 2.48. The summed E-state index contributed by atoms with van der Waals surface area (Å²) in [4.78, 5) is 38.1. The maximum atomic E-state index is 12.4. The number of nitrogens with zero attached hydrogens (tertiary/aromatic N) is 1. The van der Waals surface area contributed by atoms with Gasteiger partial charge in [-0.1, -0.05) is 48.0 Å². The Morgan fingerprint density at radius 2 is 1.77 bits per heavy atom. The predicted molar refractivity (Wildman–Crippen MR) is 103 cm³/mol. The molecule has 2 aromatic carbocycles. The third-order valence-electron chi connectivity index (χ3n) is 3.91. The van der Waals surface area contributed by atoms with Gasteiger partial charge in [0.1, 0.15) is 0 Å². The van der Waals surface area contributed by atoms with Crippen LogP contribution in [0, 0.1) is 6.92 Å². The van der Waals surface area contributed by atoms with Crippen molar-refractivity contribution < 1.29 is 14.4 Å². The molecule has 0 aliphatic carbocycles. The molecule has 132 valence electrons. The number of carbonyl (C=O) groups is 3. The molecule has 1 heterocycles. The molecule has 0 radical (unpaired) electrons. The lowest BCUT2D eigenvalue weighted by Gasteiger charge is -2.13. The van der Waals surface area contributed by atoms with E-state index in [1.54, 1.807) is 30.3 Å². The van der Waals surface area contributed by atoms with E-state index in [2.05, 4.69) is 5.32 Å². The Bertz CT molecular complexity index is 860. The quantitative estimate of drug-likeness (QED) is 0.823. The van der Waals surface area contributed by atoms with Gasteiger partial charge in [0.2, 0.25) is 0 Å². The van der Waals surface area contributed by atoms with Gasteiger partial charge in [0.25, 0.3) is 17.1 Å². The molecule has 0 atom stereocenters. The molecule has 1 fully saturated rings. The van der Waals surface area contributed by atoms with Crippen molar-refractivity contribution >= 4 is 34.9 Å². The SMILES string of the molecule is Cc1ccc(C=C2SC(=O)N(CCNC(=O)c3ccccc3)C2=O)cc1. The lowest BCUT2D eigenvalue weighted by molar-refractivity contribution is -0.122. The number of hydrogen-bond donors (Lipinski definition) is 1. The highest BCUT2D eigenvalue weighted by molar-refractivity contribution is 8.18. The molecular formula is C20H18N2O3S. The minimum atomic E-state index is -0.325. The van der Waals surface area contributed by atoms with Crippen LogP contribution >= 0.6 is 11.8 Å². The molecule has 0 saturated carbocycles. The number of hydrogen-bond acceptors (Lipinski definition) is 4. The minimum Gasteiger partial charge on any atom is -0.350 e. The summed E-state index contributed by atoms with van der Waals surface area (Å²) in [6.45, 7) is 2.35. The molecule has 1 N–H and O–H groups in total. The van der Waals surface area contributed by atoms with E-state index in [0.717, 1.165) is 27.8 Å². The maximum Gasteiger partial charge on any atom is 0.293 e. The number of rotatable bonds is 5. The van der Waals surface area contributed by atoms with Crippen LogP contribution in [0.2, 0.25) is 0 Å². The van der Waals surface area contributed by atoms with Gasteiger partial charge < -0.3 is 5.32 Å². The van der Waals surface area contributed by atoms with Crippen molar-refractivity contribution in [1.82, 2.24) is 10.2 Å². The summed E-state index contributed by atoms with van der Waals surface area (Å²) < 4.78 is 0. The normalized spacial score (nSPS) is 15.6. The van der Waals surface area contributed by atoms with E-state index >= 15 is 0 Å². The number of thioether (sulfide) groups is 1. The summed E-state index contributed by atoms with van der Waals surface area (Å²) in [5, 5.41) is 2.41. The van der Waals surface area contributed by atoms with Crippen molar-refractivity contribution in [2.24, 2.45) is 0 Å². The van der Waals surface area contributed by atoms with Crippen LogP contribution in [0.4, 0.5) is 4.79 Å². The summed E-state index contributed by atoms with van der Waals surface area (Å²) in [5.41, 5.74) is 2.55. The highest BCUT2D eigenvalue weighted by Crippen LogP contribution is 2.31. The second kappa shape index (κ2) is 8.01. The number of benzene rings is 2. The molecule has 3 amide bonds. The van der Waals surface area contributed by atoms with Crippen molar-refractivity contribution in [3.05, 3.63) is 76.2 Å². The van der Waals surface area contributed by atoms with Gasteiger partial charge in [0.05, 0.1) is 4.91 Å². The lowest BCUT2D eigenvalue weighted by Crippen LogP contribution is -2.37. The number of carbonyl (C=O) groups excluding carboxylic acids is 3. The summed E-state index contributed by atoms with van der Waals surface area (Å²) in [6.07, 6.45) is 1.72. The molecular weight excluding hydrogens is 348 g/mol. The first-order chi connectivity index (χ1) is 12.5. The van der Waals surface area contributed by atoms with Gasteiger partial charge in [-0.3, -0.25) is 19.3 Å². The lowest BCUT2D eigenvalue weighted by atomic mass is 10.1. The maximum absolute atomic E-state index is 12.4. The first-order valence-corrected chi connectivity index (χ1v) is 9.01. The Morgan fingerprint density at radius 1 is 1.08 bits per heavy atom. The van der Waals surface area contributed by atoms with E-state index in [4.69, 9.17) is 0 Å². The smallest absolute Gasteiger partial charge is 0.293 e.